The molecule has 0 radical (unpaired) electrons. The highest BCUT2D eigenvalue weighted by molar-refractivity contribution is 6.30. The van der Waals surface area contributed by atoms with Gasteiger partial charge in [-0.15, -0.1) is 0 Å². The lowest BCUT2D eigenvalue weighted by atomic mass is 10.0. The van der Waals surface area contributed by atoms with Gasteiger partial charge in [-0.25, -0.2) is 4.98 Å². The number of nitrogens with one attached hydrogen (secondary N) is 1. The summed E-state index contributed by atoms with van der Waals surface area (Å²) in [7, 11) is 0. The zero-order valence-electron chi connectivity index (χ0n) is 16.1. The molecule has 160 valence electrons. The number of ketones is 1. The first-order valence-corrected chi connectivity index (χ1v) is 9.43. The lowest BCUT2D eigenvalue weighted by Gasteiger charge is -2.16. The molecule has 1 heterocycles. The number of pyridine rings is 1. The van der Waals surface area contributed by atoms with E-state index in [4.69, 9.17) is 16.3 Å². The van der Waals surface area contributed by atoms with E-state index in [1.165, 1.54) is 37.4 Å². The molecule has 1 aromatic heterocycles. The van der Waals surface area contributed by atoms with Gasteiger partial charge in [0.2, 0.25) is 5.88 Å². The summed E-state index contributed by atoms with van der Waals surface area (Å²) < 4.78 is 42.9. The molecule has 1 atom stereocenters. The molecule has 3 rings (SSSR count). The van der Waals surface area contributed by atoms with Gasteiger partial charge in [0.25, 0.3) is 0 Å². The maximum absolute atomic E-state index is 12.9. The number of rotatable bonds is 6. The van der Waals surface area contributed by atoms with Crippen molar-refractivity contribution in [1.82, 2.24) is 10.3 Å². The Labute approximate surface area is 180 Å². The van der Waals surface area contributed by atoms with Crippen LogP contribution in [0.2, 0.25) is 5.02 Å². The zero-order valence-corrected chi connectivity index (χ0v) is 16.9. The van der Waals surface area contributed by atoms with Crippen molar-refractivity contribution in [2.24, 2.45) is 0 Å². The van der Waals surface area contributed by atoms with E-state index in [1.807, 2.05) is 5.32 Å². The number of hydrogen-bond donors (Lipinski definition) is 1. The summed E-state index contributed by atoms with van der Waals surface area (Å²) in [5.74, 6) is -1.86. The van der Waals surface area contributed by atoms with Crippen LogP contribution in [0.15, 0.2) is 66.9 Å². The third kappa shape index (κ3) is 5.61. The van der Waals surface area contributed by atoms with Crippen LogP contribution in [0.3, 0.4) is 0 Å². The van der Waals surface area contributed by atoms with Gasteiger partial charge >= 0.3 is 12.1 Å². The lowest BCUT2D eigenvalue weighted by molar-refractivity contribution is -0.174. The Balaban J connectivity index is 1.78. The topological polar surface area (TPSA) is 68.3 Å². The first-order chi connectivity index (χ1) is 14.6. The van der Waals surface area contributed by atoms with Crippen molar-refractivity contribution in [3.8, 4) is 11.6 Å². The lowest BCUT2D eigenvalue weighted by Crippen LogP contribution is -2.38. The monoisotopic (exact) mass is 448 g/mol. The molecule has 3 aromatic rings. The van der Waals surface area contributed by atoms with E-state index in [2.05, 4.69) is 4.98 Å². The third-order valence-corrected chi connectivity index (χ3v) is 4.57. The Kier molecular flexibility index (Phi) is 6.60. The van der Waals surface area contributed by atoms with Crippen LogP contribution in [0.25, 0.3) is 0 Å². The molecule has 0 aliphatic rings. The smallest absolute Gasteiger partial charge is 0.438 e. The molecule has 0 aliphatic carbocycles. The number of hydrogen-bond acceptors (Lipinski definition) is 4. The van der Waals surface area contributed by atoms with Gasteiger partial charge in [0, 0.05) is 16.8 Å². The maximum Gasteiger partial charge on any atom is 0.471 e. The van der Waals surface area contributed by atoms with E-state index < -0.39 is 18.1 Å². The number of alkyl halides is 3. The second kappa shape index (κ2) is 9.18. The minimum absolute atomic E-state index is 0.102. The highest BCUT2D eigenvalue weighted by Crippen LogP contribution is 2.26. The molecular weight excluding hydrogens is 433 g/mol. The number of amides is 1. The van der Waals surface area contributed by atoms with Crippen molar-refractivity contribution < 1.29 is 27.5 Å². The van der Waals surface area contributed by atoms with E-state index in [-0.39, 0.29) is 22.8 Å². The van der Waals surface area contributed by atoms with Crippen molar-refractivity contribution in [2.75, 3.05) is 0 Å². The van der Waals surface area contributed by atoms with Crippen molar-refractivity contribution in [3.05, 3.63) is 88.6 Å². The number of halogens is 4. The highest BCUT2D eigenvalue weighted by atomic mass is 35.5. The molecule has 0 saturated carbocycles. The molecule has 1 N–H and O–H groups in total. The molecule has 5 nitrogen and oxygen atoms in total. The van der Waals surface area contributed by atoms with Gasteiger partial charge in [-0.05, 0) is 48.9 Å². The van der Waals surface area contributed by atoms with Gasteiger partial charge in [-0.3, -0.25) is 9.59 Å². The Hall–Kier alpha value is -3.39. The van der Waals surface area contributed by atoms with Crippen LogP contribution < -0.4 is 10.1 Å². The van der Waals surface area contributed by atoms with Crippen LogP contribution >= 0.6 is 11.6 Å². The minimum Gasteiger partial charge on any atom is -0.438 e. The standard InChI is InChI=1S/C22H16ClF3N2O3/c1-13(28-21(30)22(24,25)26)14-4-6-15(7-5-14)19(29)18-3-2-12-27-20(18)31-17-10-8-16(23)9-11-17/h2-13H,1H3,(H,28,30). The van der Waals surface area contributed by atoms with E-state index in [9.17, 15) is 22.8 Å². The normalized spacial score (nSPS) is 12.2. The Morgan fingerprint density at radius 3 is 2.29 bits per heavy atom. The predicted octanol–water partition coefficient (Wildman–Crippen LogP) is 5.50. The largest absolute Gasteiger partial charge is 0.471 e. The second-order valence-electron chi connectivity index (χ2n) is 6.56. The fourth-order valence-electron chi connectivity index (χ4n) is 2.70. The SMILES string of the molecule is CC(NC(=O)C(F)(F)F)c1ccc(C(=O)c2cccnc2Oc2ccc(Cl)cc2)cc1. The van der Waals surface area contributed by atoms with E-state index in [0.29, 0.717) is 16.3 Å². The van der Waals surface area contributed by atoms with Crippen LogP contribution in [0.5, 0.6) is 11.6 Å². The molecular formula is C22H16ClF3N2O3. The van der Waals surface area contributed by atoms with Gasteiger partial charge in [0.15, 0.2) is 5.78 Å². The molecule has 2 aromatic carbocycles. The van der Waals surface area contributed by atoms with Gasteiger partial charge < -0.3 is 10.1 Å². The van der Waals surface area contributed by atoms with Crippen LogP contribution in [0, 0.1) is 0 Å². The molecule has 1 unspecified atom stereocenters. The zero-order chi connectivity index (χ0) is 22.6. The van der Waals surface area contributed by atoms with Crippen LogP contribution in [-0.2, 0) is 4.79 Å². The van der Waals surface area contributed by atoms with Gasteiger partial charge in [-0.1, -0.05) is 35.9 Å². The summed E-state index contributed by atoms with van der Waals surface area (Å²) >= 11 is 5.86. The number of carbonyl (C=O) groups is 2. The van der Waals surface area contributed by atoms with Gasteiger partial charge in [-0.2, -0.15) is 13.2 Å². The summed E-state index contributed by atoms with van der Waals surface area (Å²) in [4.78, 5) is 28.2. The Morgan fingerprint density at radius 1 is 1.03 bits per heavy atom. The Bertz CT molecular complexity index is 1080. The number of ether oxygens (including phenoxy) is 1. The second-order valence-corrected chi connectivity index (χ2v) is 6.99. The maximum atomic E-state index is 12.9. The Morgan fingerprint density at radius 2 is 1.68 bits per heavy atom. The molecule has 0 aliphatic heterocycles. The molecule has 0 spiro atoms. The van der Waals surface area contributed by atoms with Gasteiger partial charge in [0.1, 0.15) is 5.75 Å². The van der Waals surface area contributed by atoms with Crippen molar-refractivity contribution >= 4 is 23.3 Å². The fraction of sp³-hybridized carbons (Fsp3) is 0.136. The molecule has 0 saturated heterocycles. The van der Waals surface area contributed by atoms with Crippen LogP contribution in [-0.4, -0.2) is 22.9 Å². The first-order valence-electron chi connectivity index (χ1n) is 9.06. The first kappa shape index (κ1) is 22.3. The van der Waals surface area contributed by atoms with E-state index >= 15 is 0 Å². The van der Waals surface area contributed by atoms with Crippen molar-refractivity contribution in [1.29, 1.82) is 0 Å². The average Bonchev–Trinajstić information content (AvgIpc) is 2.74. The third-order valence-electron chi connectivity index (χ3n) is 4.32. The summed E-state index contributed by atoms with van der Waals surface area (Å²) in [6, 6.07) is 14.7. The van der Waals surface area contributed by atoms with Crippen LogP contribution in [0.1, 0.15) is 34.5 Å². The summed E-state index contributed by atoms with van der Waals surface area (Å²) in [6.07, 6.45) is -3.49. The fourth-order valence-corrected chi connectivity index (χ4v) is 2.83. The quantitative estimate of drug-likeness (QED) is 0.506. The van der Waals surface area contributed by atoms with Crippen molar-refractivity contribution in [2.45, 2.75) is 19.1 Å². The van der Waals surface area contributed by atoms with Gasteiger partial charge in [0.05, 0.1) is 11.6 Å². The van der Waals surface area contributed by atoms with E-state index in [1.54, 1.807) is 36.4 Å². The highest BCUT2D eigenvalue weighted by Gasteiger charge is 2.39. The summed E-state index contributed by atoms with van der Waals surface area (Å²) in [6.45, 7) is 1.42. The molecule has 9 heteroatoms. The number of benzene rings is 2. The number of carbonyl (C=O) groups excluding carboxylic acids is 2. The average molecular weight is 449 g/mol. The van der Waals surface area contributed by atoms with E-state index in [0.717, 1.165) is 0 Å². The molecule has 0 fully saturated rings. The van der Waals surface area contributed by atoms with Crippen LogP contribution in [0.4, 0.5) is 13.2 Å². The molecule has 31 heavy (non-hydrogen) atoms. The number of aromatic nitrogens is 1. The summed E-state index contributed by atoms with van der Waals surface area (Å²) in [5, 5.41) is 2.40. The van der Waals surface area contributed by atoms with Crippen molar-refractivity contribution in [3.63, 3.8) is 0 Å². The molecule has 0 bridgehead atoms. The molecule has 1 amide bonds. The predicted molar refractivity (Wildman–Crippen MR) is 108 cm³/mol. The minimum atomic E-state index is -4.97. The number of nitrogens with zero attached hydrogens (tertiary/aromatic N) is 1. The summed E-state index contributed by atoms with van der Waals surface area (Å²) in [5.41, 5.74) is 0.911.